The molecule has 1 aromatic heterocycles. The largest absolute Gasteiger partial charge is 0.356 e. The van der Waals surface area contributed by atoms with Crippen molar-refractivity contribution in [2.24, 2.45) is 0 Å². The predicted molar refractivity (Wildman–Crippen MR) is 79.2 cm³/mol. The van der Waals surface area contributed by atoms with E-state index in [0.29, 0.717) is 5.15 Å². The molecule has 0 unspecified atom stereocenters. The minimum Gasteiger partial charge on any atom is -0.356 e. The van der Waals surface area contributed by atoms with E-state index in [0.717, 1.165) is 37.9 Å². The highest BCUT2D eigenvalue weighted by Gasteiger charge is 2.18. The van der Waals surface area contributed by atoms with Gasteiger partial charge in [-0.2, -0.15) is 4.98 Å². The lowest BCUT2D eigenvalue weighted by Crippen LogP contribution is -2.33. The SMILES string of the molecule is Clc1cc(N2CCCCC2)nc(N2CCCCC2)n1. The van der Waals surface area contributed by atoms with E-state index in [4.69, 9.17) is 16.6 Å². The van der Waals surface area contributed by atoms with Crippen LogP contribution in [-0.2, 0) is 0 Å². The molecule has 2 aliphatic rings. The van der Waals surface area contributed by atoms with Gasteiger partial charge < -0.3 is 9.80 Å². The van der Waals surface area contributed by atoms with E-state index in [2.05, 4.69) is 14.8 Å². The van der Waals surface area contributed by atoms with E-state index < -0.39 is 0 Å². The van der Waals surface area contributed by atoms with Crippen molar-refractivity contribution >= 4 is 23.4 Å². The van der Waals surface area contributed by atoms with E-state index in [1.807, 2.05) is 6.07 Å². The van der Waals surface area contributed by atoms with Crippen molar-refractivity contribution in [3.05, 3.63) is 11.2 Å². The first-order valence-electron chi connectivity index (χ1n) is 7.37. The lowest BCUT2D eigenvalue weighted by Gasteiger charge is -2.30. The molecule has 2 saturated heterocycles. The van der Waals surface area contributed by atoms with Gasteiger partial charge in [0.25, 0.3) is 0 Å². The Morgan fingerprint density at radius 3 is 2.00 bits per heavy atom. The molecule has 0 atom stereocenters. The maximum absolute atomic E-state index is 6.18. The average molecular weight is 281 g/mol. The van der Waals surface area contributed by atoms with E-state index in [-0.39, 0.29) is 0 Å². The number of aromatic nitrogens is 2. The maximum atomic E-state index is 6.18. The van der Waals surface area contributed by atoms with Crippen LogP contribution in [0.3, 0.4) is 0 Å². The Bertz CT molecular complexity index is 389. The first-order valence-corrected chi connectivity index (χ1v) is 7.75. The van der Waals surface area contributed by atoms with Crippen molar-refractivity contribution in [3.8, 4) is 0 Å². The molecule has 3 heterocycles. The van der Waals surface area contributed by atoms with Crippen LogP contribution in [0, 0.1) is 0 Å². The van der Waals surface area contributed by atoms with Crippen LogP contribution in [0.4, 0.5) is 11.8 Å². The predicted octanol–water partition coefficient (Wildman–Crippen LogP) is 3.11. The van der Waals surface area contributed by atoms with Crippen LogP contribution in [0.1, 0.15) is 38.5 Å². The van der Waals surface area contributed by atoms with Gasteiger partial charge in [-0.3, -0.25) is 0 Å². The average Bonchev–Trinajstić information content (AvgIpc) is 2.48. The molecule has 104 valence electrons. The maximum Gasteiger partial charge on any atom is 0.228 e. The third kappa shape index (κ3) is 3.11. The summed E-state index contributed by atoms with van der Waals surface area (Å²) < 4.78 is 0. The Morgan fingerprint density at radius 1 is 0.789 bits per heavy atom. The highest BCUT2D eigenvalue weighted by molar-refractivity contribution is 6.29. The molecule has 0 spiro atoms. The quantitative estimate of drug-likeness (QED) is 0.779. The molecule has 19 heavy (non-hydrogen) atoms. The molecule has 1 aromatic rings. The summed E-state index contributed by atoms with van der Waals surface area (Å²) in [7, 11) is 0. The zero-order valence-electron chi connectivity index (χ0n) is 11.3. The van der Waals surface area contributed by atoms with Crippen molar-refractivity contribution < 1.29 is 0 Å². The second kappa shape index (κ2) is 5.95. The summed E-state index contributed by atoms with van der Waals surface area (Å²) in [6, 6.07) is 1.90. The molecular formula is C14H21ClN4. The molecule has 4 nitrogen and oxygen atoms in total. The summed E-state index contributed by atoms with van der Waals surface area (Å²) in [5.41, 5.74) is 0. The number of anilines is 2. The summed E-state index contributed by atoms with van der Waals surface area (Å²) in [6.45, 7) is 4.29. The number of hydrogen-bond donors (Lipinski definition) is 0. The standard InChI is InChI=1S/C14H21ClN4/c15-12-11-13(18-7-3-1-4-8-18)17-14(16-12)19-9-5-2-6-10-19/h11H,1-10H2. The second-order valence-electron chi connectivity index (χ2n) is 5.44. The van der Waals surface area contributed by atoms with E-state index in [9.17, 15) is 0 Å². The Balaban J connectivity index is 1.82. The molecule has 0 saturated carbocycles. The second-order valence-corrected chi connectivity index (χ2v) is 5.83. The smallest absolute Gasteiger partial charge is 0.228 e. The zero-order valence-corrected chi connectivity index (χ0v) is 12.1. The lowest BCUT2D eigenvalue weighted by atomic mass is 10.1. The van der Waals surface area contributed by atoms with Gasteiger partial charge in [-0.05, 0) is 38.5 Å². The lowest BCUT2D eigenvalue weighted by molar-refractivity contribution is 0.561. The highest BCUT2D eigenvalue weighted by atomic mass is 35.5. The van der Waals surface area contributed by atoms with E-state index in [1.54, 1.807) is 0 Å². The normalized spacial score (nSPS) is 20.7. The molecule has 0 N–H and O–H groups in total. The molecule has 0 radical (unpaired) electrons. The van der Waals surface area contributed by atoms with Gasteiger partial charge in [-0.15, -0.1) is 0 Å². The molecular weight excluding hydrogens is 260 g/mol. The number of nitrogens with zero attached hydrogens (tertiary/aromatic N) is 4. The van der Waals surface area contributed by atoms with Gasteiger partial charge in [0.15, 0.2) is 0 Å². The first kappa shape index (κ1) is 13.0. The minimum absolute atomic E-state index is 0.566. The summed E-state index contributed by atoms with van der Waals surface area (Å²) in [5.74, 6) is 1.81. The van der Waals surface area contributed by atoms with Crippen molar-refractivity contribution in [2.75, 3.05) is 36.0 Å². The number of halogens is 1. The van der Waals surface area contributed by atoms with Crippen LogP contribution in [-0.4, -0.2) is 36.1 Å². The summed E-state index contributed by atoms with van der Waals surface area (Å²) in [4.78, 5) is 13.7. The van der Waals surface area contributed by atoms with E-state index in [1.165, 1.54) is 38.5 Å². The van der Waals surface area contributed by atoms with Gasteiger partial charge in [0.1, 0.15) is 11.0 Å². The Labute approximate surface area is 119 Å². The fraction of sp³-hybridized carbons (Fsp3) is 0.714. The molecule has 3 rings (SSSR count). The molecule has 0 aliphatic carbocycles. The number of rotatable bonds is 2. The summed E-state index contributed by atoms with van der Waals surface area (Å²) in [5, 5.41) is 0.566. The van der Waals surface area contributed by atoms with E-state index >= 15 is 0 Å². The van der Waals surface area contributed by atoms with Crippen molar-refractivity contribution in [1.29, 1.82) is 0 Å². The molecule has 2 aliphatic heterocycles. The third-order valence-corrected chi connectivity index (χ3v) is 4.18. The van der Waals surface area contributed by atoms with Gasteiger partial charge in [0, 0.05) is 32.2 Å². The highest BCUT2D eigenvalue weighted by Crippen LogP contribution is 2.24. The molecule has 0 bridgehead atoms. The van der Waals surface area contributed by atoms with Crippen LogP contribution >= 0.6 is 11.6 Å². The van der Waals surface area contributed by atoms with Gasteiger partial charge >= 0.3 is 0 Å². The monoisotopic (exact) mass is 280 g/mol. The third-order valence-electron chi connectivity index (χ3n) is 3.99. The van der Waals surface area contributed by atoms with Crippen LogP contribution in [0.15, 0.2) is 6.07 Å². The molecule has 0 amide bonds. The van der Waals surface area contributed by atoms with Gasteiger partial charge in [-0.1, -0.05) is 11.6 Å². The minimum atomic E-state index is 0.566. The molecule has 2 fully saturated rings. The summed E-state index contributed by atoms with van der Waals surface area (Å²) >= 11 is 6.18. The first-order chi connectivity index (χ1) is 9.33. The van der Waals surface area contributed by atoms with Crippen LogP contribution in [0.5, 0.6) is 0 Å². The van der Waals surface area contributed by atoms with Crippen molar-refractivity contribution in [3.63, 3.8) is 0 Å². The van der Waals surface area contributed by atoms with Crippen LogP contribution in [0.25, 0.3) is 0 Å². The zero-order chi connectivity index (χ0) is 13.1. The molecule has 0 aromatic carbocycles. The molecule has 5 heteroatoms. The van der Waals surface area contributed by atoms with Gasteiger partial charge in [0.2, 0.25) is 5.95 Å². The topological polar surface area (TPSA) is 32.3 Å². The Morgan fingerprint density at radius 2 is 1.37 bits per heavy atom. The van der Waals surface area contributed by atoms with Crippen LogP contribution < -0.4 is 9.80 Å². The number of piperidine rings is 2. The van der Waals surface area contributed by atoms with Gasteiger partial charge in [-0.25, -0.2) is 4.98 Å². The van der Waals surface area contributed by atoms with Gasteiger partial charge in [0.05, 0.1) is 0 Å². The fourth-order valence-electron chi connectivity index (χ4n) is 2.91. The Hall–Kier alpha value is -1.03. The Kier molecular flexibility index (Phi) is 4.06. The summed E-state index contributed by atoms with van der Waals surface area (Å²) in [6.07, 6.45) is 7.61. The fourth-order valence-corrected chi connectivity index (χ4v) is 3.09. The van der Waals surface area contributed by atoms with Crippen LogP contribution in [0.2, 0.25) is 5.15 Å². The van der Waals surface area contributed by atoms with Crippen molar-refractivity contribution in [2.45, 2.75) is 38.5 Å². The number of hydrogen-bond acceptors (Lipinski definition) is 4. The van der Waals surface area contributed by atoms with Crippen molar-refractivity contribution in [1.82, 2.24) is 9.97 Å².